The quantitative estimate of drug-likeness (QED) is 0.431. The average Bonchev–Trinajstić information content (AvgIpc) is 3.46. The summed E-state index contributed by atoms with van der Waals surface area (Å²) >= 11 is 0. The molecule has 0 saturated carbocycles. The van der Waals surface area contributed by atoms with Crippen molar-refractivity contribution in [1.82, 2.24) is 9.55 Å². The number of sulfonamides is 1. The zero-order valence-electron chi connectivity index (χ0n) is 17.7. The van der Waals surface area contributed by atoms with Crippen LogP contribution in [0.25, 0.3) is 33.5 Å². The van der Waals surface area contributed by atoms with Gasteiger partial charge in [0.25, 0.3) is 0 Å². The second-order valence-electron chi connectivity index (χ2n) is 8.05. The molecular weight excluding hydrogens is 410 g/mol. The maximum atomic E-state index is 12.3. The van der Waals surface area contributed by atoms with Gasteiger partial charge in [-0.2, -0.15) is 0 Å². The van der Waals surface area contributed by atoms with Gasteiger partial charge in [-0.3, -0.25) is 4.31 Å². The molecular formula is C24H25N3O3S. The number of fused-ring (bicyclic) bond motifs is 1. The molecule has 2 aromatic heterocycles. The lowest BCUT2D eigenvalue weighted by Gasteiger charge is -2.18. The molecule has 160 valence electrons. The third kappa shape index (κ3) is 3.33. The molecule has 1 aliphatic rings. The van der Waals surface area contributed by atoms with Gasteiger partial charge in [-0.15, -0.1) is 0 Å². The topological polar surface area (TPSA) is 68.3 Å². The van der Waals surface area contributed by atoms with Crippen molar-refractivity contribution in [2.24, 2.45) is 0 Å². The van der Waals surface area contributed by atoms with E-state index in [0.29, 0.717) is 13.0 Å². The lowest BCUT2D eigenvalue weighted by atomic mass is 10.0. The van der Waals surface area contributed by atoms with Crippen LogP contribution in [-0.4, -0.2) is 30.3 Å². The molecule has 31 heavy (non-hydrogen) atoms. The van der Waals surface area contributed by atoms with Crippen molar-refractivity contribution in [2.45, 2.75) is 33.2 Å². The molecule has 0 atom stereocenters. The Morgan fingerprint density at radius 3 is 2.58 bits per heavy atom. The van der Waals surface area contributed by atoms with Crippen molar-refractivity contribution >= 4 is 26.6 Å². The fourth-order valence-electron chi connectivity index (χ4n) is 4.52. The van der Waals surface area contributed by atoms with Gasteiger partial charge in [-0.25, -0.2) is 13.4 Å². The van der Waals surface area contributed by atoms with Crippen LogP contribution in [0, 0.1) is 6.92 Å². The first-order valence-electron chi connectivity index (χ1n) is 10.6. The molecule has 1 saturated heterocycles. The van der Waals surface area contributed by atoms with Gasteiger partial charge >= 0.3 is 0 Å². The fourth-order valence-corrected chi connectivity index (χ4v) is 6.08. The maximum absolute atomic E-state index is 12.3. The number of hydrogen-bond acceptors (Lipinski definition) is 4. The molecule has 0 N–H and O–H groups in total. The average molecular weight is 436 g/mol. The standard InChI is InChI=1S/C24H25N3O3S/c1-3-11-26-21-14-17(2)5-10-20(21)23(22-15-25-16-30-22)24(26)18-6-8-19(9-7-18)27-12-4-13-31(27,28)29/h5-10,14-16H,3-4,11-13H2,1-2H3. The summed E-state index contributed by atoms with van der Waals surface area (Å²) in [7, 11) is -3.20. The SMILES string of the molecule is CCCn1c(-c2ccc(N3CCCS3(=O)=O)cc2)c(-c2cnco2)c2ccc(C)cc21. The van der Waals surface area contributed by atoms with Crippen LogP contribution in [0.3, 0.4) is 0 Å². The molecule has 3 heterocycles. The highest BCUT2D eigenvalue weighted by Gasteiger charge is 2.28. The van der Waals surface area contributed by atoms with Gasteiger partial charge in [-0.1, -0.05) is 31.2 Å². The van der Waals surface area contributed by atoms with Gasteiger partial charge < -0.3 is 8.98 Å². The van der Waals surface area contributed by atoms with E-state index in [-0.39, 0.29) is 5.75 Å². The molecule has 2 aromatic carbocycles. The summed E-state index contributed by atoms with van der Waals surface area (Å²) in [5.74, 6) is 0.944. The summed E-state index contributed by atoms with van der Waals surface area (Å²) in [6.07, 6.45) is 4.87. The first-order chi connectivity index (χ1) is 15.0. The summed E-state index contributed by atoms with van der Waals surface area (Å²) in [5.41, 5.74) is 6.19. The molecule has 0 spiro atoms. The minimum atomic E-state index is -3.20. The molecule has 6 nitrogen and oxygen atoms in total. The number of nitrogens with zero attached hydrogens (tertiary/aromatic N) is 3. The molecule has 0 radical (unpaired) electrons. The van der Waals surface area contributed by atoms with Crippen LogP contribution in [0.4, 0.5) is 5.69 Å². The van der Waals surface area contributed by atoms with E-state index in [1.165, 1.54) is 16.3 Å². The predicted molar refractivity (Wildman–Crippen MR) is 124 cm³/mol. The van der Waals surface area contributed by atoms with E-state index in [0.717, 1.165) is 52.1 Å². The smallest absolute Gasteiger partial charge is 0.235 e. The van der Waals surface area contributed by atoms with Crippen LogP contribution >= 0.6 is 0 Å². The van der Waals surface area contributed by atoms with Crippen LogP contribution in [0.2, 0.25) is 0 Å². The van der Waals surface area contributed by atoms with Gasteiger partial charge in [-0.05, 0) is 49.1 Å². The maximum Gasteiger partial charge on any atom is 0.235 e. The third-order valence-corrected chi connectivity index (χ3v) is 7.74. The lowest BCUT2D eigenvalue weighted by molar-refractivity contribution is 0.572. The van der Waals surface area contributed by atoms with Crippen LogP contribution in [0.5, 0.6) is 0 Å². The molecule has 4 aromatic rings. The predicted octanol–water partition coefficient (Wildman–Crippen LogP) is 5.22. The van der Waals surface area contributed by atoms with Crippen molar-refractivity contribution in [3.05, 3.63) is 60.6 Å². The van der Waals surface area contributed by atoms with Gasteiger partial charge in [0.15, 0.2) is 12.2 Å². The summed E-state index contributed by atoms with van der Waals surface area (Å²) in [5, 5.41) is 1.12. The molecule has 1 fully saturated rings. The van der Waals surface area contributed by atoms with Crippen LogP contribution in [-0.2, 0) is 16.6 Å². The molecule has 0 unspecified atom stereocenters. The Balaban J connectivity index is 1.72. The van der Waals surface area contributed by atoms with Crippen molar-refractivity contribution < 1.29 is 12.8 Å². The van der Waals surface area contributed by atoms with Gasteiger partial charge in [0.2, 0.25) is 10.0 Å². The first-order valence-corrected chi connectivity index (χ1v) is 12.2. The minimum Gasteiger partial charge on any atom is -0.443 e. The number of rotatable bonds is 5. The second-order valence-corrected chi connectivity index (χ2v) is 10.1. The third-order valence-electron chi connectivity index (χ3n) is 5.87. The van der Waals surface area contributed by atoms with E-state index in [4.69, 9.17) is 4.42 Å². The Morgan fingerprint density at radius 2 is 1.94 bits per heavy atom. The summed E-state index contributed by atoms with van der Waals surface area (Å²) in [4.78, 5) is 4.15. The van der Waals surface area contributed by atoms with E-state index < -0.39 is 10.0 Å². The highest BCUT2D eigenvalue weighted by atomic mass is 32.2. The van der Waals surface area contributed by atoms with Gasteiger partial charge in [0, 0.05) is 24.0 Å². The molecule has 0 amide bonds. The van der Waals surface area contributed by atoms with E-state index in [2.05, 4.69) is 41.6 Å². The molecule has 1 aliphatic heterocycles. The first kappa shape index (κ1) is 19.9. The number of aryl methyl sites for hydroxylation is 2. The Morgan fingerprint density at radius 1 is 1.13 bits per heavy atom. The molecule has 7 heteroatoms. The second kappa shape index (κ2) is 7.57. The Hall–Kier alpha value is -3.06. The van der Waals surface area contributed by atoms with Gasteiger partial charge in [0.05, 0.1) is 28.9 Å². The number of hydrogen-bond donors (Lipinski definition) is 0. The number of anilines is 1. The minimum absolute atomic E-state index is 0.217. The zero-order valence-corrected chi connectivity index (χ0v) is 18.5. The van der Waals surface area contributed by atoms with Crippen LogP contribution in [0.15, 0.2) is 59.5 Å². The van der Waals surface area contributed by atoms with E-state index in [9.17, 15) is 8.42 Å². The largest absolute Gasteiger partial charge is 0.443 e. The lowest BCUT2D eigenvalue weighted by Crippen LogP contribution is -2.24. The van der Waals surface area contributed by atoms with E-state index in [1.807, 2.05) is 24.3 Å². The van der Waals surface area contributed by atoms with Crippen LogP contribution in [0.1, 0.15) is 25.3 Å². The number of oxazole rings is 1. The Kier molecular flexibility index (Phi) is 4.85. The van der Waals surface area contributed by atoms with Crippen molar-refractivity contribution in [2.75, 3.05) is 16.6 Å². The molecule has 0 aliphatic carbocycles. The van der Waals surface area contributed by atoms with Crippen molar-refractivity contribution in [3.63, 3.8) is 0 Å². The summed E-state index contributed by atoms with van der Waals surface area (Å²) in [6.45, 7) is 5.68. The van der Waals surface area contributed by atoms with E-state index in [1.54, 1.807) is 6.20 Å². The van der Waals surface area contributed by atoms with Gasteiger partial charge in [0.1, 0.15) is 0 Å². The normalized spacial score (nSPS) is 15.7. The van der Waals surface area contributed by atoms with Crippen molar-refractivity contribution in [3.8, 4) is 22.6 Å². The Bertz CT molecular complexity index is 1340. The molecule has 0 bridgehead atoms. The van der Waals surface area contributed by atoms with Crippen molar-refractivity contribution in [1.29, 1.82) is 0 Å². The summed E-state index contributed by atoms with van der Waals surface area (Å²) in [6, 6.07) is 14.3. The monoisotopic (exact) mass is 435 g/mol. The zero-order chi connectivity index (χ0) is 21.6. The fraction of sp³-hybridized carbons (Fsp3) is 0.292. The number of aromatic nitrogens is 2. The van der Waals surface area contributed by atoms with E-state index >= 15 is 0 Å². The summed E-state index contributed by atoms with van der Waals surface area (Å²) < 4.78 is 34.2. The highest BCUT2D eigenvalue weighted by molar-refractivity contribution is 7.93. The molecule has 5 rings (SSSR count). The Labute approximate surface area is 182 Å². The number of benzene rings is 2. The highest BCUT2D eigenvalue weighted by Crippen LogP contribution is 2.42. The van der Waals surface area contributed by atoms with Crippen LogP contribution < -0.4 is 4.31 Å².